The molecule has 0 spiro atoms. The van der Waals surface area contributed by atoms with Crippen LogP contribution in [0.2, 0.25) is 0 Å². The van der Waals surface area contributed by atoms with E-state index in [9.17, 15) is 0 Å². The molecule has 0 saturated carbocycles. The number of hydrogen-bond acceptors (Lipinski definition) is 2. The summed E-state index contributed by atoms with van der Waals surface area (Å²) in [7, 11) is 1.70. The zero-order chi connectivity index (χ0) is 9.73. The number of rotatable bonds is 3. The smallest absolute Gasteiger partial charge is 0.105 e. The van der Waals surface area contributed by atoms with Crippen LogP contribution in [0.4, 0.5) is 0 Å². The van der Waals surface area contributed by atoms with Crippen molar-refractivity contribution in [2.45, 2.75) is 31.8 Å². The summed E-state index contributed by atoms with van der Waals surface area (Å²) in [5, 5.41) is 0. The molecular formula is C11H18O2. The number of hydrogen-bond donors (Lipinski definition) is 0. The second-order valence-corrected chi connectivity index (χ2v) is 3.69. The van der Waals surface area contributed by atoms with E-state index in [4.69, 9.17) is 15.9 Å². The molecule has 2 atom stereocenters. The second kappa shape index (κ2) is 4.64. The Labute approximate surface area is 80.6 Å². The van der Waals surface area contributed by atoms with Gasteiger partial charge in [-0.25, -0.2) is 0 Å². The van der Waals surface area contributed by atoms with Crippen LogP contribution in [-0.4, -0.2) is 25.9 Å². The maximum Gasteiger partial charge on any atom is 0.105 e. The first-order valence-electron chi connectivity index (χ1n) is 4.84. The van der Waals surface area contributed by atoms with Crippen molar-refractivity contribution in [1.29, 1.82) is 0 Å². The molecule has 1 rings (SSSR count). The molecule has 13 heavy (non-hydrogen) atoms. The van der Waals surface area contributed by atoms with Crippen LogP contribution in [0, 0.1) is 18.3 Å². The molecule has 0 radical (unpaired) electrons. The van der Waals surface area contributed by atoms with Crippen molar-refractivity contribution >= 4 is 0 Å². The first-order chi connectivity index (χ1) is 6.25. The van der Waals surface area contributed by atoms with Gasteiger partial charge in [-0.2, -0.15) is 0 Å². The van der Waals surface area contributed by atoms with E-state index in [1.807, 2.05) is 6.92 Å². The molecule has 0 aromatic heterocycles. The van der Waals surface area contributed by atoms with Crippen LogP contribution in [-0.2, 0) is 9.47 Å². The maximum atomic E-state index is 5.79. The summed E-state index contributed by atoms with van der Waals surface area (Å²) in [4.78, 5) is 0. The van der Waals surface area contributed by atoms with Crippen molar-refractivity contribution in [2.24, 2.45) is 5.92 Å². The van der Waals surface area contributed by atoms with Gasteiger partial charge in [0.25, 0.3) is 0 Å². The van der Waals surface area contributed by atoms with Crippen LogP contribution in [0.15, 0.2) is 0 Å². The molecule has 2 nitrogen and oxygen atoms in total. The summed E-state index contributed by atoms with van der Waals surface area (Å²) < 4.78 is 11.0. The van der Waals surface area contributed by atoms with E-state index in [1.54, 1.807) is 7.11 Å². The molecule has 0 N–H and O–H groups in total. The minimum atomic E-state index is -0.220. The van der Waals surface area contributed by atoms with E-state index >= 15 is 0 Å². The van der Waals surface area contributed by atoms with Crippen LogP contribution in [0.1, 0.15) is 26.2 Å². The van der Waals surface area contributed by atoms with Crippen molar-refractivity contribution < 1.29 is 9.47 Å². The lowest BCUT2D eigenvalue weighted by atomic mass is 9.83. The molecule has 1 fully saturated rings. The summed E-state index contributed by atoms with van der Waals surface area (Å²) in [5.41, 5.74) is -0.220. The van der Waals surface area contributed by atoms with Gasteiger partial charge in [0.05, 0.1) is 6.61 Å². The van der Waals surface area contributed by atoms with Crippen molar-refractivity contribution in [1.82, 2.24) is 0 Å². The van der Waals surface area contributed by atoms with Crippen molar-refractivity contribution in [3.8, 4) is 12.3 Å². The van der Waals surface area contributed by atoms with Gasteiger partial charge in [-0.3, -0.25) is 0 Å². The standard InChI is InChI=1S/C11H18O2/c1-4-10(2)11(9-12-3)7-5-6-8-13-11/h1,10H,5-9H2,2-3H3. The van der Waals surface area contributed by atoms with Crippen molar-refractivity contribution in [3.05, 3.63) is 0 Å². The molecule has 0 amide bonds. The molecule has 1 aliphatic heterocycles. The van der Waals surface area contributed by atoms with Crippen LogP contribution in [0.25, 0.3) is 0 Å². The van der Waals surface area contributed by atoms with Crippen molar-refractivity contribution in [3.63, 3.8) is 0 Å². The Morgan fingerprint density at radius 2 is 2.38 bits per heavy atom. The highest BCUT2D eigenvalue weighted by Crippen LogP contribution is 2.32. The average Bonchev–Trinajstić information content (AvgIpc) is 2.18. The van der Waals surface area contributed by atoms with E-state index in [0.29, 0.717) is 6.61 Å². The molecule has 0 aromatic carbocycles. The van der Waals surface area contributed by atoms with Gasteiger partial charge in [-0.15, -0.1) is 12.3 Å². The van der Waals surface area contributed by atoms with Crippen LogP contribution in [0.3, 0.4) is 0 Å². The molecule has 74 valence electrons. The minimum absolute atomic E-state index is 0.132. The van der Waals surface area contributed by atoms with Crippen LogP contribution in [0.5, 0.6) is 0 Å². The van der Waals surface area contributed by atoms with E-state index in [2.05, 4.69) is 5.92 Å². The first kappa shape index (κ1) is 10.6. The zero-order valence-electron chi connectivity index (χ0n) is 8.51. The summed E-state index contributed by atoms with van der Waals surface area (Å²) in [6.07, 6.45) is 8.78. The minimum Gasteiger partial charge on any atom is -0.382 e. The fraction of sp³-hybridized carbons (Fsp3) is 0.818. The van der Waals surface area contributed by atoms with E-state index in [-0.39, 0.29) is 11.5 Å². The Morgan fingerprint density at radius 3 is 2.85 bits per heavy atom. The highest BCUT2D eigenvalue weighted by atomic mass is 16.5. The normalized spacial score (nSPS) is 30.8. The number of terminal acetylenes is 1. The topological polar surface area (TPSA) is 18.5 Å². The number of ether oxygens (including phenoxy) is 2. The lowest BCUT2D eigenvalue weighted by Gasteiger charge is -2.39. The highest BCUT2D eigenvalue weighted by Gasteiger charge is 2.38. The Morgan fingerprint density at radius 1 is 1.62 bits per heavy atom. The Bertz CT molecular complexity index is 181. The SMILES string of the molecule is C#CC(C)C1(COC)CCCCO1. The third-order valence-corrected chi connectivity index (χ3v) is 2.81. The molecular weight excluding hydrogens is 164 g/mol. The third-order valence-electron chi connectivity index (χ3n) is 2.81. The summed E-state index contributed by atoms with van der Waals surface area (Å²) in [6, 6.07) is 0. The fourth-order valence-electron chi connectivity index (χ4n) is 1.85. The lowest BCUT2D eigenvalue weighted by molar-refractivity contribution is -0.133. The molecule has 0 aromatic rings. The Balaban J connectivity index is 2.67. The van der Waals surface area contributed by atoms with Gasteiger partial charge >= 0.3 is 0 Å². The molecule has 1 aliphatic rings. The largest absolute Gasteiger partial charge is 0.382 e. The summed E-state index contributed by atoms with van der Waals surface area (Å²) in [5.74, 6) is 2.89. The average molecular weight is 182 g/mol. The van der Waals surface area contributed by atoms with Gasteiger partial charge in [0.15, 0.2) is 0 Å². The number of methoxy groups -OCH3 is 1. The molecule has 0 bridgehead atoms. The Kier molecular flexibility index (Phi) is 3.77. The second-order valence-electron chi connectivity index (χ2n) is 3.69. The van der Waals surface area contributed by atoms with Gasteiger partial charge in [0.1, 0.15) is 5.60 Å². The van der Waals surface area contributed by atoms with Gasteiger partial charge in [0.2, 0.25) is 0 Å². The molecule has 2 unspecified atom stereocenters. The molecule has 1 saturated heterocycles. The maximum absolute atomic E-state index is 5.79. The first-order valence-corrected chi connectivity index (χ1v) is 4.84. The molecule has 1 heterocycles. The monoisotopic (exact) mass is 182 g/mol. The van der Waals surface area contributed by atoms with E-state index in [0.717, 1.165) is 19.4 Å². The van der Waals surface area contributed by atoms with Gasteiger partial charge in [0, 0.05) is 19.6 Å². The quantitative estimate of drug-likeness (QED) is 0.620. The molecule has 2 heteroatoms. The van der Waals surface area contributed by atoms with Crippen LogP contribution < -0.4 is 0 Å². The zero-order valence-corrected chi connectivity index (χ0v) is 8.51. The molecule has 0 aliphatic carbocycles. The Hall–Kier alpha value is -0.520. The summed E-state index contributed by atoms with van der Waals surface area (Å²) >= 11 is 0. The predicted molar refractivity (Wildman–Crippen MR) is 52.4 cm³/mol. The van der Waals surface area contributed by atoms with E-state index < -0.39 is 0 Å². The van der Waals surface area contributed by atoms with Crippen molar-refractivity contribution in [2.75, 3.05) is 20.3 Å². The highest BCUT2D eigenvalue weighted by molar-refractivity contribution is 5.03. The summed E-state index contributed by atoms with van der Waals surface area (Å²) in [6.45, 7) is 3.46. The van der Waals surface area contributed by atoms with E-state index in [1.165, 1.54) is 6.42 Å². The van der Waals surface area contributed by atoms with Gasteiger partial charge < -0.3 is 9.47 Å². The van der Waals surface area contributed by atoms with Crippen LogP contribution >= 0.6 is 0 Å². The van der Waals surface area contributed by atoms with Gasteiger partial charge in [-0.1, -0.05) is 0 Å². The van der Waals surface area contributed by atoms with Gasteiger partial charge in [-0.05, 0) is 26.2 Å². The predicted octanol–water partition coefficient (Wildman–Crippen LogP) is 1.84. The lowest BCUT2D eigenvalue weighted by Crippen LogP contribution is -2.45. The fourth-order valence-corrected chi connectivity index (χ4v) is 1.85. The third kappa shape index (κ3) is 2.24.